The maximum Gasteiger partial charge on any atom is 0.228 e. The number of hydrogen-bond donors (Lipinski definition) is 1. The maximum absolute atomic E-state index is 12.5. The molecular formula is C18H31N3O. The Balaban J connectivity index is 1.94. The number of carbonyl (C=O) groups excluding carboxylic acids is 1. The Kier molecular flexibility index (Phi) is 5.30. The Bertz CT molecular complexity index is 505. The summed E-state index contributed by atoms with van der Waals surface area (Å²) in [7, 11) is 0. The van der Waals surface area contributed by atoms with Crippen LogP contribution in [0.3, 0.4) is 0 Å². The van der Waals surface area contributed by atoms with E-state index in [9.17, 15) is 4.79 Å². The Morgan fingerprint density at radius 1 is 1.32 bits per heavy atom. The van der Waals surface area contributed by atoms with Crippen molar-refractivity contribution in [2.75, 3.05) is 5.32 Å². The van der Waals surface area contributed by atoms with Crippen LogP contribution in [0.2, 0.25) is 0 Å². The highest BCUT2D eigenvalue weighted by Gasteiger charge is 2.32. The average Bonchev–Trinajstić information content (AvgIpc) is 2.78. The number of carbonyl (C=O) groups is 1. The predicted octanol–water partition coefficient (Wildman–Crippen LogP) is 4.39. The van der Waals surface area contributed by atoms with Crippen molar-refractivity contribution in [3.63, 3.8) is 0 Å². The number of anilines is 1. The molecule has 1 aromatic rings. The number of amides is 1. The van der Waals surface area contributed by atoms with Crippen molar-refractivity contribution >= 4 is 11.7 Å². The minimum atomic E-state index is 0.156. The van der Waals surface area contributed by atoms with E-state index < -0.39 is 0 Å². The number of aromatic nitrogens is 2. The van der Waals surface area contributed by atoms with Gasteiger partial charge < -0.3 is 5.32 Å². The highest BCUT2D eigenvalue weighted by Crippen LogP contribution is 2.40. The van der Waals surface area contributed by atoms with E-state index in [-0.39, 0.29) is 11.8 Å². The van der Waals surface area contributed by atoms with E-state index in [1.807, 2.05) is 17.7 Å². The van der Waals surface area contributed by atoms with Crippen LogP contribution in [0.4, 0.5) is 5.82 Å². The summed E-state index contributed by atoms with van der Waals surface area (Å²) in [6.07, 6.45) is 5.35. The molecule has 4 nitrogen and oxygen atoms in total. The van der Waals surface area contributed by atoms with Gasteiger partial charge in [-0.1, -0.05) is 27.7 Å². The van der Waals surface area contributed by atoms with Gasteiger partial charge in [0, 0.05) is 18.5 Å². The van der Waals surface area contributed by atoms with Crippen LogP contribution in [0, 0.1) is 24.2 Å². The molecule has 0 bridgehead atoms. The highest BCUT2D eigenvalue weighted by atomic mass is 16.2. The molecule has 0 atom stereocenters. The third kappa shape index (κ3) is 4.11. The zero-order chi connectivity index (χ0) is 16.3. The number of hydrogen-bond acceptors (Lipinski definition) is 2. The molecule has 1 saturated carbocycles. The van der Waals surface area contributed by atoms with Crippen LogP contribution in [-0.2, 0) is 11.3 Å². The fraction of sp³-hybridized carbons (Fsp3) is 0.778. The fourth-order valence-corrected chi connectivity index (χ4v) is 3.48. The van der Waals surface area contributed by atoms with Crippen molar-refractivity contribution in [3.8, 4) is 0 Å². The van der Waals surface area contributed by atoms with E-state index in [2.05, 4.69) is 38.1 Å². The standard InChI is InChI=1S/C18H31N3O/c1-6-11-21-16(12-13(2)20-21)19-17(22)14-7-9-15(10-8-14)18(3,4)5/h12,14-15H,6-11H2,1-5H3,(H,19,22). The van der Waals surface area contributed by atoms with Crippen LogP contribution >= 0.6 is 0 Å². The summed E-state index contributed by atoms with van der Waals surface area (Å²) in [6.45, 7) is 11.9. The summed E-state index contributed by atoms with van der Waals surface area (Å²) in [6, 6.07) is 1.97. The Morgan fingerprint density at radius 2 is 1.95 bits per heavy atom. The fourth-order valence-electron chi connectivity index (χ4n) is 3.48. The van der Waals surface area contributed by atoms with E-state index in [0.717, 1.165) is 56.1 Å². The summed E-state index contributed by atoms with van der Waals surface area (Å²) in [4.78, 5) is 12.5. The first-order chi connectivity index (χ1) is 10.3. The lowest BCUT2D eigenvalue weighted by atomic mass is 9.70. The van der Waals surface area contributed by atoms with Crippen LogP contribution in [0.1, 0.15) is 65.5 Å². The molecule has 0 aromatic carbocycles. The first-order valence-corrected chi connectivity index (χ1v) is 8.66. The lowest BCUT2D eigenvalue weighted by Gasteiger charge is -2.36. The van der Waals surface area contributed by atoms with Gasteiger partial charge in [0.15, 0.2) is 0 Å². The van der Waals surface area contributed by atoms with Gasteiger partial charge in [-0.15, -0.1) is 0 Å². The molecule has 1 aliphatic carbocycles. The van der Waals surface area contributed by atoms with Crippen LogP contribution in [0.25, 0.3) is 0 Å². The van der Waals surface area contributed by atoms with Crippen LogP contribution in [-0.4, -0.2) is 15.7 Å². The summed E-state index contributed by atoms with van der Waals surface area (Å²) in [5, 5.41) is 7.55. The van der Waals surface area contributed by atoms with Crippen molar-refractivity contribution in [2.45, 2.75) is 73.3 Å². The van der Waals surface area contributed by atoms with Crippen LogP contribution in [0.5, 0.6) is 0 Å². The second-order valence-corrected chi connectivity index (χ2v) is 7.80. The lowest BCUT2D eigenvalue weighted by molar-refractivity contribution is -0.121. The second-order valence-electron chi connectivity index (χ2n) is 7.80. The Hall–Kier alpha value is -1.32. The molecule has 0 radical (unpaired) electrons. The molecule has 1 amide bonds. The molecule has 1 fully saturated rings. The predicted molar refractivity (Wildman–Crippen MR) is 90.8 cm³/mol. The Morgan fingerprint density at radius 3 is 2.50 bits per heavy atom. The minimum Gasteiger partial charge on any atom is -0.311 e. The van der Waals surface area contributed by atoms with Crippen molar-refractivity contribution in [2.24, 2.45) is 17.3 Å². The molecule has 0 spiro atoms. The maximum atomic E-state index is 12.5. The summed E-state index contributed by atoms with van der Waals surface area (Å²) >= 11 is 0. The lowest BCUT2D eigenvalue weighted by Crippen LogP contribution is -2.32. The highest BCUT2D eigenvalue weighted by molar-refractivity contribution is 5.91. The monoisotopic (exact) mass is 305 g/mol. The van der Waals surface area contributed by atoms with Crippen molar-refractivity contribution in [1.29, 1.82) is 0 Å². The summed E-state index contributed by atoms with van der Waals surface area (Å²) < 4.78 is 1.91. The van der Waals surface area contributed by atoms with Gasteiger partial charge in [-0.3, -0.25) is 4.79 Å². The van der Waals surface area contributed by atoms with E-state index in [1.54, 1.807) is 0 Å². The number of nitrogens with one attached hydrogen (secondary N) is 1. The van der Waals surface area contributed by atoms with Gasteiger partial charge in [-0.25, -0.2) is 4.68 Å². The molecule has 1 aliphatic rings. The number of aryl methyl sites for hydroxylation is 2. The second kappa shape index (κ2) is 6.84. The van der Waals surface area contributed by atoms with Crippen molar-refractivity contribution in [1.82, 2.24) is 9.78 Å². The normalized spacial score (nSPS) is 22.6. The first-order valence-electron chi connectivity index (χ1n) is 8.66. The van der Waals surface area contributed by atoms with Crippen LogP contribution in [0.15, 0.2) is 6.07 Å². The first kappa shape index (κ1) is 17.0. The molecule has 0 unspecified atom stereocenters. The third-order valence-electron chi connectivity index (χ3n) is 4.91. The van der Waals surface area contributed by atoms with E-state index >= 15 is 0 Å². The molecule has 4 heteroatoms. The summed E-state index contributed by atoms with van der Waals surface area (Å²) in [5.74, 6) is 1.92. The zero-order valence-corrected chi connectivity index (χ0v) is 14.8. The SMILES string of the molecule is CCCn1nc(C)cc1NC(=O)C1CCC(C(C)(C)C)CC1. The van der Waals surface area contributed by atoms with Gasteiger partial charge in [0.1, 0.15) is 5.82 Å². The van der Waals surface area contributed by atoms with Crippen LogP contribution < -0.4 is 5.32 Å². The molecule has 1 aromatic heterocycles. The number of nitrogens with zero attached hydrogens (tertiary/aromatic N) is 2. The molecule has 2 rings (SSSR count). The molecule has 0 aliphatic heterocycles. The molecule has 22 heavy (non-hydrogen) atoms. The van der Waals surface area contributed by atoms with Crippen molar-refractivity contribution < 1.29 is 4.79 Å². The zero-order valence-electron chi connectivity index (χ0n) is 14.8. The van der Waals surface area contributed by atoms with Gasteiger partial charge in [0.25, 0.3) is 0 Å². The largest absolute Gasteiger partial charge is 0.311 e. The van der Waals surface area contributed by atoms with Crippen molar-refractivity contribution in [3.05, 3.63) is 11.8 Å². The average molecular weight is 305 g/mol. The molecule has 0 saturated heterocycles. The smallest absolute Gasteiger partial charge is 0.228 e. The number of rotatable bonds is 4. The molecule has 124 valence electrons. The summed E-state index contributed by atoms with van der Waals surface area (Å²) in [5.41, 5.74) is 1.32. The quantitative estimate of drug-likeness (QED) is 0.896. The van der Waals surface area contributed by atoms with E-state index in [4.69, 9.17) is 0 Å². The third-order valence-corrected chi connectivity index (χ3v) is 4.91. The van der Waals surface area contributed by atoms with E-state index in [0.29, 0.717) is 5.41 Å². The van der Waals surface area contributed by atoms with Gasteiger partial charge in [0.05, 0.1) is 5.69 Å². The molecule has 1 N–H and O–H groups in total. The Labute approximate surface area is 134 Å². The van der Waals surface area contributed by atoms with E-state index in [1.165, 1.54) is 0 Å². The minimum absolute atomic E-state index is 0.156. The topological polar surface area (TPSA) is 46.9 Å². The van der Waals surface area contributed by atoms with Gasteiger partial charge in [0.2, 0.25) is 5.91 Å². The van der Waals surface area contributed by atoms with Gasteiger partial charge in [-0.2, -0.15) is 5.10 Å². The molecular weight excluding hydrogens is 274 g/mol. The van der Waals surface area contributed by atoms with Gasteiger partial charge in [-0.05, 0) is 50.4 Å². The van der Waals surface area contributed by atoms with Gasteiger partial charge >= 0.3 is 0 Å². The molecule has 1 heterocycles.